The highest BCUT2D eigenvalue weighted by Gasteiger charge is 2.55. The average Bonchev–Trinajstić information content (AvgIpc) is 1.50. The molecule has 0 fully saturated rings. The van der Waals surface area contributed by atoms with Crippen LogP contribution in [0.4, 0.5) is 0 Å². The van der Waals surface area contributed by atoms with Gasteiger partial charge in [0.1, 0.15) is 11.5 Å². The summed E-state index contributed by atoms with van der Waals surface area (Å²) in [5.41, 5.74) is 35.2. The summed E-state index contributed by atoms with van der Waals surface area (Å²) in [6.45, 7) is 7.31. The fraction of sp³-hybridized carbons (Fsp3) is 0.0784. The first-order valence-corrected chi connectivity index (χ1v) is 37.8. The second-order valence-electron chi connectivity index (χ2n) is 30.4. The number of nitrogens with zero attached hydrogens (tertiary/aromatic N) is 2. The summed E-state index contributed by atoms with van der Waals surface area (Å²) < 4.78 is 9.88. The van der Waals surface area contributed by atoms with Crippen molar-refractivity contribution in [2.75, 3.05) is 0 Å². The van der Waals surface area contributed by atoms with E-state index < -0.39 is 16.2 Å². The molecule has 17 aromatic rings. The summed E-state index contributed by atoms with van der Waals surface area (Å²) in [7, 11) is 0. The van der Waals surface area contributed by atoms with E-state index in [2.05, 4.69) is 367 Å². The third-order valence-electron chi connectivity index (χ3n) is 24.5. The summed E-state index contributed by atoms with van der Waals surface area (Å²) in [5.74, 6) is 1.77. The maximum Gasteiger partial charge on any atom is 0.132 e. The van der Waals surface area contributed by atoms with Gasteiger partial charge in [-0.2, -0.15) is 0 Å². The molecule has 5 aliphatic rings. The summed E-state index contributed by atoms with van der Waals surface area (Å²) in [4.78, 5) is 11.2. The van der Waals surface area contributed by atoms with Crippen molar-refractivity contribution in [1.29, 1.82) is 0 Å². The Morgan fingerprint density at radius 2 is 0.689 bits per heavy atom. The predicted molar refractivity (Wildman–Crippen MR) is 436 cm³/mol. The Bertz CT molecular complexity index is 6410. The normalized spacial score (nSPS) is 15.7. The number of para-hydroxylation sites is 1. The van der Waals surface area contributed by atoms with Crippen LogP contribution in [0.15, 0.2) is 346 Å². The van der Waals surface area contributed by atoms with Gasteiger partial charge in [-0.05, 0) is 196 Å². The van der Waals surface area contributed by atoms with Crippen molar-refractivity contribution in [3.63, 3.8) is 0 Å². The summed E-state index contributed by atoms with van der Waals surface area (Å²) in [6.07, 6.45) is 0.739. The van der Waals surface area contributed by atoms with Crippen molar-refractivity contribution >= 4 is 31.5 Å². The molecule has 1 aliphatic heterocycles. The number of hydrogen-bond acceptors (Lipinski definition) is 4. The topological polar surface area (TPSA) is 35.0 Å². The van der Waals surface area contributed by atoms with Gasteiger partial charge in [0.2, 0.25) is 0 Å². The van der Waals surface area contributed by atoms with Crippen molar-refractivity contribution in [2.45, 2.75) is 48.9 Å². The minimum atomic E-state index is -0.627. The number of pyridine rings is 2. The zero-order chi connectivity index (χ0) is 70.2. The molecule has 2 spiro atoms. The van der Waals surface area contributed by atoms with Gasteiger partial charge in [0, 0.05) is 64.4 Å². The fourth-order valence-corrected chi connectivity index (χ4v) is 20.8. The van der Waals surface area contributed by atoms with Gasteiger partial charge in [0.15, 0.2) is 0 Å². The van der Waals surface area contributed by atoms with Gasteiger partial charge < -0.3 is 4.74 Å². The predicted octanol–water partition coefficient (Wildman–Crippen LogP) is 25.8. The van der Waals surface area contributed by atoms with Gasteiger partial charge in [-0.1, -0.05) is 294 Å². The van der Waals surface area contributed by atoms with Crippen LogP contribution in [-0.2, 0) is 28.1 Å². The molecule has 0 saturated heterocycles. The van der Waals surface area contributed by atoms with Crippen LogP contribution in [0.25, 0.3) is 121 Å². The van der Waals surface area contributed by atoms with Gasteiger partial charge in [-0.3, -0.25) is 0 Å². The van der Waals surface area contributed by atoms with Gasteiger partial charge in [0.25, 0.3) is 0 Å². The smallest absolute Gasteiger partial charge is 0.132 e. The number of aromatic nitrogens is 2. The first-order chi connectivity index (χ1) is 52.1. The largest absolute Gasteiger partial charge is 0.457 e. The Morgan fingerprint density at radius 3 is 1.26 bits per heavy atom. The Morgan fingerprint density at radius 1 is 0.255 bits per heavy atom. The minimum absolute atomic E-state index is 0.236. The Balaban J connectivity index is 0.679. The van der Waals surface area contributed by atoms with Crippen LogP contribution in [0.3, 0.4) is 0 Å². The second-order valence-corrected chi connectivity index (χ2v) is 31.5. The van der Waals surface area contributed by atoms with Crippen LogP contribution in [0.1, 0.15) is 93.1 Å². The summed E-state index contributed by atoms with van der Waals surface area (Å²) in [6, 6.07) is 129. The van der Waals surface area contributed by atoms with Crippen molar-refractivity contribution in [2.24, 2.45) is 0 Å². The highest BCUT2D eigenvalue weighted by molar-refractivity contribution is 7.25. The zero-order valence-electron chi connectivity index (χ0n) is 58.8. The van der Waals surface area contributed by atoms with Crippen molar-refractivity contribution in [3.8, 4) is 112 Å². The minimum Gasteiger partial charge on any atom is -0.457 e. The lowest BCUT2D eigenvalue weighted by molar-refractivity contribution is 0.434. The molecular formula is C102H68N2OS. The number of fused-ring (bicyclic) bond motifs is 24. The molecule has 4 heteroatoms. The van der Waals surface area contributed by atoms with Crippen LogP contribution < -0.4 is 4.74 Å². The van der Waals surface area contributed by atoms with Crippen LogP contribution in [-0.4, -0.2) is 9.97 Å². The van der Waals surface area contributed by atoms with Gasteiger partial charge in [-0.15, -0.1) is 11.3 Å². The van der Waals surface area contributed by atoms with E-state index >= 15 is 0 Å². The first kappa shape index (κ1) is 60.9. The van der Waals surface area contributed by atoms with E-state index in [0.717, 1.165) is 96.3 Å². The molecule has 0 bridgehead atoms. The van der Waals surface area contributed by atoms with E-state index in [1.165, 1.54) is 115 Å². The Labute approximate surface area is 621 Å². The molecule has 498 valence electrons. The van der Waals surface area contributed by atoms with Crippen LogP contribution in [0, 0.1) is 0 Å². The van der Waals surface area contributed by atoms with Crippen LogP contribution >= 0.6 is 11.3 Å². The van der Waals surface area contributed by atoms with Crippen LogP contribution in [0.2, 0.25) is 0 Å². The molecule has 0 saturated carbocycles. The SMILES string of the molecule is CC1(C)c2ccccc2C2(c3ccccc3-c3ccccc32)c2cc3c(cc21)sc1ccc(-c2cc(-c4ccccc4)cc(-c4ccc(CC5(C)c6ccc(-c7cc(-c8ccccc8)cc(-c8ccccc8)n7)cc6-c6cc7c(cc65)Oc5ccccc5C75c6ccccc6-c6ccccc65)cc4)n2)cc13. The molecule has 14 aromatic carbocycles. The Hall–Kier alpha value is -12.6. The van der Waals surface area contributed by atoms with E-state index in [4.69, 9.17) is 14.7 Å². The lowest BCUT2D eigenvalue weighted by Crippen LogP contribution is -2.40. The van der Waals surface area contributed by atoms with E-state index in [1.807, 2.05) is 11.3 Å². The third kappa shape index (κ3) is 8.62. The summed E-state index contributed by atoms with van der Waals surface area (Å²) >= 11 is 1.90. The molecule has 1 atom stereocenters. The molecule has 106 heavy (non-hydrogen) atoms. The number of thiophene rings is 1. The van der Waals surface area contributed by atoms with E-state index in [1.54, 1.807) is 0 Å². The number of hydrogen-bond donors (Lipinski definition) is 0. The zero-order valence-corrected chi connectivity index (χ0v) is 59.6. The highest BCUT2D eigenvalue weighted by atomic mass is 32.1. The molecule has 4 heterocycles. The molecule has 0 N–H and O–H groups in total. The van der Waals surface area contributed by atoms with E-state index in [0.29, 0.717) is 0 Å². The molecule has 22 rings (SSSR count). The van der Waals surface area contributed by atoms with Crippen LogP contribution in [0.5, 0.6) is 11.5 Å². The standard InChI is InChI=1S/C102H68N2OS/c1-99(2)84-39-21-22-40-85(84)101(80-35-17-13-31-71(80)72-32-14-18-36-81(72)101)89-58-78-77-52-68(48-50-97(77)106-98(78)60-88(89)99)94-56-70(64-27-9-5-10-28-64)54-92(104-94)66-45-43-62(44-46-66)61-100(3)79-49-47-67(93-55-69(63-25-7-4-8-26-63)53-91(103-93)65-29-11-6-12-30-65)51-75(79)76-57-90-96(59-87(76)100)105-95-42-24-23-41-86(95)102(90)82-37-19-15-33-73(82)74-34-16-20-38-83(74)102/h4-60H,61H2,1-3H3. The maximum atomic E-state index is 7.31. The van der Waals surface area contributed by atoms with E-state index in [-0.39, 0.29) is 5.41 Å². The highest BCUT2D eigenvalue weighted by Crippen LogP contribution is 2.66. The lowest BCUT2D eigenvalue weighted by atomic mass is 9.55. The van der Waals surface area contributed by atoms with Crippen molar-refractivity contribution < 1.29 is 4.74 Å². The molecule has 3 nitrogen and oxygen atoms in total. The molecule has 3 aromatic heterocycles. The number of rotatable bonds is 8. The molecule has 4 aliphatic carbocycles. The van der Waals surface area contributed by atoms with Gasteiger partial charge >= 0.3 is 0 Å². The first-order valence-electron chi connectivity index (χ1n) is 37.0. The van der Waals surface area contributed by atoms with E-state index in [9.17, 15) is 0 Å². The maximum absolute atomic E-state index is 7.31. The summed E-state index contributed by atoms with van der Waals surface area (Å²) in [5, 5.41) is 2.53. The number of ether oxygens (including phenoxy) is 1. The molecular weight excluding hydrogens is 1300 g/mol. The average molecular weight is 1370 g/mol. The lowest BCUT2D eigenvalue weighted by Gasteiger charge is -2.46. The Kier molecular flexibility index (Phi) is 13.0. The molecule has 1 unspecified atom stereocenters. The molecule has 0 radical (unpaired) electrons. The third-order valence-corrected chi connectivity index (χ3v) is 25.6. The molecule has 0 amide bonds. The quantitative estimate of drug-likeness (QED) is 0.152. The monoisotopic (exact) mass is 1370 g/mol. The second kappa shape index (κ2) is 22.7. The number of benzene rings is 14. The fourth-order valence-electron chi connectivity index (χ4n) is 19.7. The van der Waals surface area contributed by atoms with Gasteiger partial charge in [0.05, 0.1) is 33.6 Å². The van der Waals surface area contributed by atoms with Crippen molar-refractivity contribution in [3.05, 3.63) is 418 Å². The van der Waals surface area contributed by atoms with Crippen molar-refractivity contribution in [1.82, 2.24) is 9.97 Å². The van der Waals surface area contributed by atoms with Gasteiger partial charge in [-0.25, -0.2) is 9.97 Å².